The van der Waals surface area contributed by atoms with Crippen molar-refractivity contribution in [2.75, 3.05) is 14.2 Å². The molecule has 1 heterocycles. The Bertz CT molecular complexity index is 816. The molecule has 2 rings (SSSR count). The number of aromatic amines is 1. The predicted octanol–water partition coefficient (Wildman–Crippen LogP) is 1.21. The normalized spacial score (nSPS) is 10.9. The van der Waals surface area contributed by atoms with E-state index in [0.29, 0.717) is 5.56 Å². The van der Waals surface area contributed by atoms with Crippen LogP contribution in [0.25, 0.3) is 0 Å². The van der Waals surface area contributed by atoms with Crippen molar-refractivity contribution < 1.29 is 14.6 Å². The third kappa shape index (κ3) is 2.98. The topological polar surface area (TPSA) is 102 Å². The van der Waals surface area contributed by atoms with Crippen LogP contribution in [0.5, 0.6) is 17.2 Å². The second-order valence-corrected chi connectivity index (χ2v) is 4.64. The van der Waals surface area contributed by atoms with Gasteiger partial charge in [-0.3, -0.25) is 9.89 Å². The molecule has 116 valence electrons. The average molecular weight is 322 g/mol. The zero-order chi connectivity index (χ0) is 16.3. The molecule has 0 saturated heterocycles. The Labute approximate surface area is 130 Å². The van der Waals surface area contributed by atoms with E-state index >= 15 is 0 Å². The molecule has 0 bridgehead atoms. The molecule has 1 aromatic heterocycles. The lowest BCUT2D eigenvalue weighted by molar-refractivity contribution is 0.340. The molecule has 0 saturated carbocycles. The zero-order valence-electron chi connectivity index (χ0n) is 12.2. The first-order chi connectivity index (χ1) is 10.5. The van der Waals surface area contributed by atoms with Gasteiger partial charge in [0.15, 0.2) is 11.5 Å². The maximum absolute atomic E-state index is 11.9. The number of hydrogen-bond donors (Lipinski definition) is 2. The molecule has 0 amide bonds. The summed E-state index contributed by atoms with van der Waals surface area (Å²) in [6.07, 6.45) is 1.40. The van der Waals surface area contributed by atoms with Crippen LogP contribution < -0.4 is 15.0 Å². The van der Waals surface area contributed by atoms with Gasteiger partial charge in [0.25, 0.3) is 5.56 Å². The van der Waals surface area contributed by atoms with E-state index in [1.165, 1.54) is 20.4 Å². The van der Waals surface area contributed by atoms with Crippen LogP contribution in [0.3, 0.4) is 0 Å². The molecule has 0 aliphatic carbocycles. The first-order valence-electron chi connectivity index (χ1n) is 6.15. The molecule has 0 aliphatic heterocycles. The molecule has 22 heavy (non-hydrogen) atoms. The van der Waals surface area contributed by atoms with Crippen molar-refractivity contribution in [2.24, 2.45) is 5.10 Å². The maximum Gasteiger partial charge on any atom is 0.296 e. The molecule has 8 nitrogen and oxygen atoms in total. The van der Waals surface area contributed by atoms with E-state index in [1.807, 2.05) is 0 Å². The summed E-state index contributed by atoms with van der Waals surface area (Å²) in [4.78, 5) is 11.9. The van der Waals surface area contributed by atoms with Gasteiger partial charge in [0.1, 0.15) is 5.69 Å². The summed E-state index contributed by atoms with van der Waals surface area (Å²) in [6, 6.07) is 3.10. The molecule has 2 N–H and O–H groups in total. The summed E-state index contributed by atoms with van der Waals surface area (Å²) in [5.74, 6) is 0.338. The van der Waals surface area contributed by atoms with Crippen LogP contribution in [0.1, 0.15) is 11.3 Å². The Morgan fingerprint density at radius 3 is 2.50 bits per heavy atom. The monoisotopic (exact) mass is 322 g/mol. The minimum atomic E-state index is -0.419. The third-order valence-corrected chi connectivity index (χ3v) is 3.10. The van der Waals surface area contributed by atoms with Gasteiger partial charge in [0.2, 0.25) is 10.5 Å². The highest BCUT2D eigenvalue weighted by Gasteiger charge is 2.10. The van der Waals surface area contributed by atoms with Crippen LogP contribution in [0, 0.1) is 11.7 Å². The average Bonchev–Trinajstić information content (AvgIpc) is 2.52. The van der Waals surface area contributed by atoms with Crippen molar-refractivity contribution in [1.29, 1.82) is 0 Å². The van der Waals surface area contributed by atoms with Crippen LogP contribution in [0.2, 0.25) is 0 Å². The number of nitrogens with zero attached hydrogens (tertiary/aromatic N) is 3. The molecule has 0 radical (unpaired) electrons. The molecule has 0 fully saturated rings. The number of phenols is 1. The minimum absolute atomic E-state index is 0.0737. The van der Waals surface area contributed by atoms with E-state index < -0.39 is 5.56 Å². The Hall–Kier alpha value is -2.68. The first-order valence-corrected chi connectivity index (χ1v) is 6.56. The van der Waals surface area contributed by atoms with Crippen molar-refractivity contribution in [3.8, 4) is 17.2 Å². The fourth-order valence-corrected chi connectivity index (χ4v) is 1.87. The van der Waals surface area contributed by atoms with Gasteiger partial charge in [-0.2, -0.15) is 14.9 Å². The van der Waals surface area contributed by atoms with Crippen molar-refractivity contribution in [1.82, 2.24) is 14.9 Å². The summed E-state index contributed by atoms with van der Waals surface area (Å²) in [7, 11) is 2.84. The Balaban J connectivity index is 2.50. The van der Waals surface area contributed by atoms with E-state index in [0.717, 1.165) is 4.68 Å². The van der Waals surface area contributed by atoms with Gasteiger partial charge in [-0.25, -0.2) is 0 Å². The summed E-state index contributed by atoms with van der Waals surface area (Å²) < 4.78 is 11.2. The Morgan fingerprint density at radius 1 is 1.36 bits per heavy atom. The van der Waals surface area contributed by atoms with Crippen molar-refractivity contribution in [3.05, 3.63) is 38.5 Å². The lowest BCUT2D eigenvalue weighted by atomic mass is 10.2. The van der Waals surface area contributed by atoms with E-state index in [9.17, 15) is 9.90 Å². The highest BCUT2D eigenvalue weighted by Crippen LogP contribution is 2.36. The molecule has 0 spiro atoms. The number of aromatic hydroxyl groups is 1. The van der Waals surface area contributed by atoms with E-state index in [4.69, 9.17) is 21.7 Å². The molecule has 9 heteroatoms. The number of aromatic nitrogens is 3. The standard InChI is InChI=1S/C13H14N4O4S/c1-7-12(19)17(13(22)16-15-7)14-6-8-4-9(20-2)11(18)10(5-8)21-3/h4-6,18H,1-3H3,(H,16,22)/b14-6-. The van der Waals surface area contributed by atoms with Gasteiger partial charge < -0.3 is 14.6 Å². The van der Waals surface area contributed by atoms with Crippen LogP contribution >= 0.6 is 12.2 Å². The molecule has 0 unspecified atom stereocenters. The van der Waals surface area contributed by atoms with Gasteiger partial charge in [-0.1, -0.05) is 0 Å². The fraction of sp³-hybridized carbons (Fsp3) is 0.231. The molecule has 0 aliphatic rings. The molecule has 2 aromatic rings. The number of phenolic OH excluding ortho intramolecular Hbond substituents is 1. The van der Waals surface area contributed by atoms with Crippen LogP contribution in [0.15, 0.2) is 22.0 Å². The minimum Gasteiger partial charge on any atom is -0.502 e. The zero-order valence-corrected chi connectivity index (χ0v) is 13.0. The first kappa shape index (κ1) is 15.7. The Morgan fingerprint density at radius 2 is 1.95 bits per heavy atom. The van der Waals surface area contributed by atoms with Gasteiger partial charge in [-0.05, 0) is 31.3 Å². The number of aryl methyl sites for hydroxylation is 1. The molecule has 0 atom stereocenters. The number of rotatable bonds is 4. The smallest absolute Gasteiger partial charge is 0.296 e. The summed E-state index contributed by atoms with van der Waals surface area (Å²) in [6.45, 7) is 1.55. The number of benzene rings is 1. The highest BCUT2D eigenvalue weighted by molar-refractivity contribution is 7.71. The van der Waals surface area contributed by atoms with E-state index in [1.54, 1.807) is 19.1 Å². The van der Waals surface area contributed by atoms with Crippen LogP contribution in [-0.2, 0) is 0 Å². The lowest BCUT2D eigenvalue weighted by Crippen LogP contribution is -2.22. The van der Waals surface area contributed by atoms with Gasteiger partial charge in [0, 0.05) is 5.56 Å². The SMILES string of the molecule is COc1cc(/C=N\n2c(=S)[nH]nc(C)c2=O)cc(OC)c1O. The second kappa shape index (κ2) is 6.39. The van der Waals surface area contributed by atoms with Crippen molar-refractivity contribution in [2.45, 2.75) is 6.92 Å². The lowest BCUT2D eigenvalue weighted by Gasteiger charge is -2.09. The summed E-state index contributed by atoms with van der Waals surface area (Å²) >= 11 is 4.97. The number of hydrogen-bond acceptors (Lipinski definition) is 7. The van der Waals surface area contributed by atoms with Gasteiger partial charge in [-0.15, -0.1) is 0 Å². The Kier molecular flexibility index (Phi) is 4.56. The van der Waals surface area contributed by atoms with E-state index in [-0.39, 0.29) is 27.7 Å². The van der Waals surface area contributed by atoms with Gasteiger partial charge in [0.05, 0.1) is 20.4 Å². The summed E-state index contributed by atoms with van der Waals surface area (Å²) in [5.41, 5.74) is 0.381. The molecular formula is C13H14N4O4S. The molecular weight excluding hydrogens is 308 g/mol. The fourth-order valence-electron chi connectivity index (χ4n) is 1.69. The number of methoxy groups -OCH3 is 2. The largest absolute Gasteiger partial charge is 0.502 e. The number of nitrogens with one attached hydrogen (secondary N) is 1. The summed E-state index contributed by atoms with van der Waals surface area (Å²) in [5, 5.41) is 20.1. The molecule has 1 aromatic carbocycles. The van der Waals surface area contributed by atoms with Crippen LogP contribution in [-0.4, -0.2) is 40.4 Å². The second-order valence-electron chi connectivity index (χ2n) is 4.25. The predicted molar refractivity (Wildman–Crippen MR) is 82.6 cm³/mol. The maximum atomic E-state index is 11.9. The van der Waals surface area contributed by atoms with Crippen molar-refractivity contribution in [3.63, 3.8) is 0 Å². The van der Waals surface area contributed by atoms with Crippen molar-refractivity contribution >= 4 is 18.4 Å². The van der Waals surface area contributed by atoms with E-state index in [2.05, 4.69) is 15.3 Å². The number of H-pyrrole nitrogens is 1. The third-order valence-electron chi connectivity index (χ3n) is 2.84. The highest BCUT2D eigenvalue weighted by atomic mass is 32.1. The van der Waals surface area contributed by atoms with Gasteiger partial charge >= 0.3 is 0 Å². The number of ether oxygens (including phenoxy) is 2. The van der Waals surface area contributed by atoms with Crippen LogP contribution in [0.4, 0.5) is 0 Å². The quantitative estimate of drug-likeness (QED) is 0.648.